The number of carbonyl (C=O) groups excluding carboxylic acids is 1. The molecule has 178 valence electrons. The molecule has 0 saturated carbocycles. The monoisotopic (exact) mass is 476 g/mol. The highest BCUT2D eigenvalue weighted by Crippen LogP contribution is 2.25. The van der Waals surface area contributed by atoms with Crippen molar-refractivity contribution >= 4 is 15.9 Å². The van der Waals surface area contributed by atoms with E-state index in [1.807, 2.05) is 0 Å². The Bertz CT molecular complexity index is 1020. The molecule has 10 heteroatoms. The van der Waals surface area contributed by atoms with Gasteiger partial charge >= 0.3 is 0 Å². The number of nitrogens with one attached hydrogen (secondary N) is 1. The van der Waals surface area contributed by atoms with Crippen molar-refractivity contribution < 1.29 is 22.3 Å². The quantitative estimate of drug-likeness (QED) is 0.656. The number of hydrogen-bond acceptors (Lipinski definition) is 6. The van der Waals surface area contributed by atoms with Gasteiger partial charge < -0.3 is 10.1 Å². The van der Waals surface area contributed by atoms with E-state index in [9.17, 15) is 17.6 Å². The second-order valence-electron chi connectivity index (χ2n) is 8.33. The van der Waals surface area contributed by atoms with Crippen LogP contribution < -0.4 is 5.32 Å². The maximum Gasteiger partial charge on any atom is 0.244 e. The van der Waals surface area contributed by atoms with Gasteiger partial charge in [-0.05, 0) is 42.7 Å². The summed E-state index contributed by atoms with van der Waals surface area (Å²) in [5.41, 5.74) is 0.941. The number of amides is 1. The van der Waals surface area contributed by atoms with Crippen molar-refractivity contribution in [2.24, 2.45) is 5.92 Å². The van der Waals surface area contributed by atoms with Crippen LogP contribution in [0, 0.1) is 11.7 Å². The summed E-state index contributed by atoms with van der Waals surface area (Å²) in [6.45, 7) is 3.70. The van der Waals surface area contributed by atoms with E-state index in [1.54, 1.807) is 18.2 Å². The van der Waals surface area contributed by atoms with Gasteiger partial charge in [0.05, 0.1) is 19.3 Å². The minimum atomic E-state index is -3.60. The number of pyridine rings is 1. The predicted octanol–water partition coefficient (Wildman–Crippen LogP) is 1.81. The Labute approximate surface area is 193 Å². The zero-order valence-corrected chi connectivity index (χ0v) is 19.2. The molecule has 3 heterocycles. The molecule has 1 aromatic carbocycles. The van der Waals surface area contributed by atoms with Gasteiger partial charge in [-0.2, -0.15) is 4.31 Å². The number of ether oxygens (including phenoxy) is 1. The van der Waals surface area contributed by atoms with Crippen molar-refractivity contribution in [1.82, 2.24) is 19.5 Å². The maximum atomic E-state index is 13.4. The van der Waals surface area contributed by atoms with E-state index in [1.165, 1.54) is 34.9 Å². The summed E-state index contributed by atoms with van der Waals surface area (Å²) < 4.78 is 45.8. The molecule has 4 rings (SSSR count). The minimum Gasteiger partial charge on any atom is -0.379 e. The van der Waals surface area contributed by atoms with Crippen molar-refractivity contribution in [2.75, 3.05) is 45.9 Å². The minimum absolute atomic E-state index is 0.0752. The summed E-state index contributed by atoms with van der Waals surface area (Å²) in [7, 11) is -3.60. The molecule has 1 N–H and O–H groups in total. The molecule has 2 aliphatic rings. The van der Waals surface area contributed by atoms with Crippen LogP contribution in [0.25, 0.3) is 0 Å². The fraction of sp³-hybridized carbons (Fsp3) is 0.478. The second-order valence-corrected chi connectivity index (χ2v) is 10.3. The van der Waals surface area contributed by atoms with E-state index in [0.29, 0.717) is 45.7 Å². The number of benzene rings is 1. The van der Waals surface area contributed by atoms with Crippen molar-refractivity contribution in [2.45, 2.75) is 23.8 Å². The summed E-state index contributed by atoms with van der Waals surface area (Å²) >= 11 is 0. The Kier molecular flexibility index (Phi) is 7.69. The van der Waals surface area contributed by atoms with E-state index in [0.717, 1.165) is 18.7 Å². The molecule has 0 bridgehead atoms. The van der Waals surface area contributed by atoms with Crippen LogP contribution in [-0.2, 0) is 19.6 Å². The third kappa shape index (κ3) is 5.75. The average molecular weight is 477 g/mol. The maximum absolute atomic E-state index is 13.4. The predicted molar refractivity (Wildman–Crippen MR) is 120 cm³/mol. The Balaban J connectivity index is 1.35. The van der Waals surface area contributed by atoms with Crippen LogP contribution in [0.3, 0.4) is 0 Å². The first kappa shape index (κ1) is 23.7. The number of piperidine rings is 1. The molecule has 0 spiro atoms. The molecule has 2 aromatic rings. The molecule has 1 unspecified atom stereocenters. The smallest absolute Gasteiger partial charge is 0.244 e. The first-order valence-electron chi connectivity index (χ1n) is 11.2. The summed E-state index contributed by atoms with van der Waals surface area (Å²) in [5.74, 6) is -0.616. The van der Waals surface area contributed by atoms with Crippen molar-refractivity contribution in [3.63, 3.8) is 0 Å². The lowest BCUT2D eigenvalue weighted by Gasteiger charge is -2.35. The van der Waals surface area contributed by atoms with E-state index in [-0.39, 0.29) is 28.6 Å². The molecule has 8 nitrogen and oxygen atoms in total. The molecule has 1 amide bonds. The summed E-state index contributed by atoms with van der Waals surface area (Å²) in [6.07, 6.45) is 3.80. The van der Waals surface area contributed by atoms with Crippen molar-refractivity contribution in [3.8, 4) is 0 Å². The molecule has 1 atom stereocenters. The lowest BCUT2D eigenvalue weighted by Crippen LogP contribution is -2.46. The summed E-state index contributed by atoms with van der Waals surface area (Å²) in [6, 6.07) is 9.42. The van der Waals surface area contributed by atoms with Gasteiger partial charge in [-0.25, -0.2) is 12.8 Å². The van der Waals surface area contributed by atoms with Gasteiger partial charge in [-0.1, -0.05) is 12.1 Å². The standard InChI is InChI=1S/C23H29FN4O4S/c24-20-5-3-18(4-6-20)22(27-12-14-32-15-13-27)17-26-23(29)19-7-10-28(11-8-19)33(30,31)21-2-1-9-25-16-21/h1-6,9,16,19,22H,7-8,10-15,17H2,(H,26,29). The number of halogens is 1. The van der Waals surface area contributed by atoms with E-state index >= 15 is 0 Å². The number of morpholine rings is 1. The van der Waals surface area contributed by atoms with Gasteiger partial charge in [-0.3, -0.25) is 14.7 Å². The number of aromatic nitrogens is 1. The molecule has 2 aliphatic heterocycles. The lowest BCUT2D eigenvalue weighted by molar-refractivity contribution is -0.126. The van der Waals surface area contributed by atoms with Crippen LogP contribution >= 0.6 is 0 Å². The molecule has 1 aromatic heterocycles. The van der Waals surface area contributed by atoms with Gasteiger partial charge in [0, 0.05) is 51.0 Å². The highest BCUT2D eigenvalue weighted by Gasteiger charge is 2.33. The van der Waals surface area contributed by atoms with Crippen LogP contribution in [0.4, 0.5) is 4.39 Å². The van der Waals surface area contributed by atoms with Crippen molar-refractivity contribution in [1.29, 1.82) is 0 Å². The van der Waals surface area contributed by atoms with Crippen LogP contribution in [0.5, 0.6) is 0 Å². The Morgan fingerprint density at radius 2 is 1.82 bits per heavy atom. The first-order valence-corrected chi connectivity index (χ1v) is 12.6. The summed E-state index contributed by atoms with van der Waals surface area (Å²) in [5, 5.41) is 3.05. The Hall–Kier alpha value is -2.40. The molecular weight excluding hydrogens is 447 g/mol. The number of hydrogen-bond donors (Lipinski definition) is 1. The van der Waals surface area contributed by atoms with Gasteiger partial charge in [0.15, 0.2) is 0 Å². The zero-order valence-electron chi connectivity index (χ0n) is 18.4. The Morgan fingerprint density at radius 3 is 2.45 bits per heavy atom. The number of nitrogens with zero attached hydrogens (tertiary/aromatic N) is 3. The Morgan fingerprint density at radius 1 is 1.12 bits per heavy atom. The highest BCUT2D eigenvalue weighted by atomic mass is 32.2. The largest absolute Gasteiger partial charge is 0.379 e. The molecule has 2 saturated heterocycles. The molecule has 0 aliphatic carbocycles. The zero-order chi connectivity index (χ0) is 23.3. The third-order valence-corrected chi connectivity index (χ3v) is 8.19. The lowest BCUT2D eigenvalue weighted by atomic mass is 9.97. The normalized spacial score (nSPS) is 19.8. The highest BCUT2D eigenvalue weighted by molar-refractivity contribution is 7.89. The first-order chi connectivity index (χ1) is 15.9. The topological polar surface area (TPSA) is 91.8 Å². The molecule has 0 radical (unpaired) electrons. The van der Waals surface area contributed by atoms with Crippen LogP contribution in [0.1, 0.15) is 24.4 Å². The third-order valence-electron chi connectivity index (χ3n) is 6.31. The van der Waals surface area contributed by atoms with Crippen LogP contribution in [0.15, 0.2) is 53.7 Å². The SMILES string of the molecule is O=C(NCC(c1ccc(F)cc1)N1CCOCC1)C1CCN(S(=O)(=O)c2cccnc2)CC1. The van der Waals surface area contributed by atoms with E-state index in [2.05, 4.69) is 15.2 Å². The van der Waals surface area contributed by atoms with Crippen LogP contribution in [-0.4, -0.2) is 74.5 Å². The van der Waals surface area contributed by atoms with Gasteiger partial charge in [0.2, 0.25) is 15.9 Å². The summed E-state index contributed by atoms with van der Waals surface area (Å²) in [4.78, 5) is 19.2. The molecule has 33 heavy (non-hydrogen) atoms. The van der Waals surface area contributed by atoms with E-state index < -0.39 is 10.0 Å². The van der Waals surface area contributed by atoms with Gasteiger partial charge in [-0.15, -0.1) is 0 Å². The number of sulfonamides is 1. The van der Waals surface area contributed by atoms with Gasteiger partial charge in [0.25, 0.3) is 0 Å². The number of rotatable bonds is 7. The van der Waals surface area contributed by atoms with E-state index in [4.69, 9.17) is 4.74 Å². The molecular formula is C23H29FN4O4S. The fourth-order valence-corrected chi connectivity index (χ4v) is 5.81. The van der Waals surface area contributed by atoms with Gasteiger partial charge in [0.1, 0.15) is 10.7 Å². The van der Waals surface area contributed by atoms with Crippen molar-refractivity contribution in [3.05, 3.63) is 60.2 Å². The molecule has 2 fully saturated rings. The second kappa shape index (κ2) is 10.7. The fourth-order valence-electron chi connectivity index (χ4n) is 4.38. The number of carbonyl (C=O) groups is 1. The average Bonchev–Trinajstić information content (AvgIpc) is 2.86. The van der Waals surface area contributed by atoms with Crippen LogP contribution in [0.2, 0.25) is 0 Å².